The zero-order chi connectivity index (χ0) is 30.7. The van der Waals surface area contributed by atoms with Crippen molar-refractivity contribution in [3.8, 4) is 0 Å². The predicted octanol–water partition coefficient (Wildman–Crippen LogP) is 10.8. The molecule has 0 bridgehead atoms. The van der Waals surface area contributed by atoms with Crippen LogP contribution in [0.1, 0.15) is 177 Å². The molecule has 0 aliphatic heterocycles. The van der Waals surface area contributed by atoms with E-state index in [0.29, 0.717) is 12.8 Å². The molecule has 42 heavy (non-hydrogen) atoms. The number of carbonyl (C=O) groups excluding carboxylic acids is 2. The number of methoxy groups -OCH3 is 2. The minimum Gasteiger partial charge on any atom is -0.469 e. The number of hydrogen-bond acceptors (Lipinski definition) is 4. The van der Waals surface area contributed by atoms with Gasteiger partial charge in [-0.3, -0.25) is 9.59 Å². The van der Waals surface area contributed by atoms with Gasteiger partial charge in [-0.1, -0.05) is 116 Å². The lowest BCUT2D eigenvalue weighted by Crippen LogP contribution is -2.07. The second-order valence-corrected chi connectivity index (χ2v) is 12.4. The number of carbonyl (C=O) groups is 2. The zero-order valence-corrected chi connectivity index (χ0v) is 28.2. The predicted molar refractivity (Wildman–Crippen MR) is 178 cm³/mol. The minimum absolute atomic E-state index is 0.0850. The SMILES string of the molecule is CCCCCCCCc1c(CCCCCC)ccc(CCCCCCCC(=O)OC)c1CCCCCCCC(=O)OC. The molecule has 1 aromatic carbocycles. The first-order valence-corrected chi connectivity index (χ1v) is 17.8. The Bertz CT molecular complexity index is 816. The van der Waals surface area contributed by atoms with Gasteiger partial charge in [0.2, 0.25) is 0 Å². The van der Waals surface area contributed by atoms with Crippen LogP contribution in [0.4, 0.5) is 0 Å². The Morgan fingerprint density at radius 1 is 0.452 bits per heavy atom. The second-order valence-electron chi connectivity index (χ2n) is 12.4. The minimum atomic E-state index is -0.0872. The molecule has 4 heteroatoms. The third kappa shape index (κ3) is 18.6. The molecule has 0 fully saturated rings. The van der Waals surface area contributed by atoms with Crippen molar-refractivity contribution in [2.45, 2.75) is 181 Å². The van der Waals surface area contributed by atoms with E-state index >= 15 is 0 Å². The Morgan fingerprint density at radius 2 is 0.762 bits per heavy atom. The fourth-order valence-corrected chi connectivity index (χ4v) is 6.13. The molecule has 242 valence electrons. The van der Waals surface area contributed by atoms with Gasteiger partial charge in [0.25, 0.3) is 0 Å². The van der Waals surface area contributed by atoms with E-state index in [4.69, 9.17) is 9.47 Å². The highest BCUT2D eigenvalue weighted by Gasteiger charge is 2.14. The van der Waals surface area contributed by atoms with Gasteiger partial charge >= 0.3 is 11.9 Å². The van der Waals surface area contributed by atoms with Crippen molar-refractivity contribution in [1.29, 1.82) is 0 Å². The molecule has 0 saturated carbocycles. The lowest BCUT2D eigenvalue weighted by atomic mass is 9.85. The smallest absolute Gasteiger partial charge is 0.305 e. The van der Waals surface area contributed by atoms with Gasteiger partial charge in [-0.25, -0.2) is 0 Å². The van der Waals surface area contributed by atoms with Crippen LogP contribution < -0.4 is 0 Å². The van der Waals surface area contributed by atoms with Crippen LogP contribution >= 0.6 is 0 Å². The van der Waals surface area contributed by atoms with Crippen molar-refractivity contribution >= 4 is 11.9 Å². The van der Waals surface area contributed by atoms with Crippen LogP contribution in [-0.2, 0) is 44.7 Å². The van der Waals surface area contributed by atoms with Gasteiger partial charge in [0, 0.05) is 12.8 Å². The molecule has 0 atom stereocenters. The quantitative estimate of drug-likeness (QED) is 0.0724. The molecular formula is C38H66O4. The summed E-state index contributed by atoms with van der Waals surface area (Å²) in [4.78, 5) is 22.8. The molecule has 0 aromatic heterocycles. The molecule has 0 radical (unpaired) electrons. The highest BCUT2D eigenvalue weighted by atomic mass is 16.5. The summed E-state index contributed by atoms with van der Waals surface area (Å²) in [6, 6.07) is 4.96. The third-order valence-corrected chi connectivity index (χ3v) is 8.80. The Kier molecular flexibility index (Phi) is 24.3. The Labute approximate surface area is 260 Å². The molecule has 0 aliphatic rings. The molecule has 0 N–H and O–H groups in total. The first kappa shape index (κ1) is 38.2. The van der Waals surface area contributed by atoms with E-state index in [1.165, 1.54) is 143 Å². The summed E-state index contributed by atoms with van der Waals surface area (Å²) in [5, 5.41) is 0. The molecule has 0 heterocycles. The fourth-order valence-electron chi connectivity index (χ4n) is 6.13. The maximum atomic E-state index is 11.4. The van der Waals surface area contributed by atoms with Crippen molar-refractivity contribution < 1.29 is 19.1 Å². The van der Waals surface area contributed by atoms with Crippen LogP contribution in [0.5, 0.6) is 0 Å². The fraction of sp³-hybridized carbons (Fsp3) is 0.789. The van der Waals surface area contributed by atoms with Crippen LogP contribution in [0.2, 0.25) is 0 Å². The lowest BCUT2D eigenvalue weighted by molar-refractivity contribution is -0.141. The van der Waals surface area contributed by atoms with E-state index in [1.54, 1.807) is 22.3 Å². The van der Waals surface area contributed by atoms with Crippen LogP contribution in [0, 0.1) is 0 Å². The first-order valence-electron chi connectivity index (χ1n) is 17.8. The van der Waals surface area contributed by atoms with Crippen molar-refractivity contribution in [2.24, 2.45) is 0 Å². The van der Waals surface area contributed by atoms with E-state index in [1.807, 2.05) is 0 Å². The van der Waals surface area contributed by atoms with Crippen molar-refractivity contribution in [3.05, 3.63) is 34.4 Å². The summed E-state index contributed by atoms with van der Waals surface area (Å²) in [7, 11) is 2.95. The number of ether oxygens (including phenoxy) is 2. The van der Waals surface area contributed by atoms with E-state index < -0.39 is 0 Å². The number of rotatable bonds is 28. The van der Waals surface area contributed by atoms with Crippen molar-refractivity contribution in [2.75, 3.05) is 14.2 Å². The Morgan fingerprint density at radius 3 is 1.14 bits per heavy atom. The Balaban J connectivity index is 2.87. The summed E-state index contributed by atoms with van der Waals surface area (Å²) in [5.41, 5.74) is 6.59. The molecule has 0 saturated heterocycles. The summed E-state index contributed by atoms with van der Waals surface area (Å²) in [6.45, 7) is 4.59. The highest BCUT2D eigenvalue weighted by molar-refractivity contribution is 5.69. The monoisotopic (exact) mass is 586 g/mol. The average Bonchev–Trinajstić information content (AvgIpc) is 3.00. The molecule has 0 spiro atoms. The van der Waals surface area contributed by atoms with Crippen molar-refractivity contribution in [3.63, 3.8) is 0 Å². The van der Waals surface area contributed by atoms with Gasteiger partial charge in [-0.15, -0.1) is 0 Å². The summed E-state index contributed by atoms with van der Waals surface area (Å²) in [5.74, 6) is -0.172. The van der Waals surface area contributed by atoms with Gasteiger partial charge in [0.05, 0.1) is 14.2 Å². The van der Waals surface area contributed by atoms with E-state index in [2.05, 4.69) is 26.0 Å². The van der Waals surface area contributed by atoms with E-state index in [-0.39, 0.29) is 11.9 Å². The zero-order valence-electron chi connectivity index (χ0n) is 28.2. The second kappa shape index (κ2) is 26.8. The van der Waals surface area contributed by atoms with Gasteiger partial charge in [0.15, 0.2) is 0 Å². The third-order valence-electron chi connectivity index (χ3n) is 8.80. The average molecular weight is 587 g/mol. The van der Waals surface area contributed by atoms with Gasteiger partial charge in [0.1, 0.15) is 0 Å². The van der Waals surface area contributed by atoms with Gasteiger partial charge in [-0.05, 0) is 86.5 Å². The van der Waals surface area contributed by atoms with Gasteiger partial charge < -0.3 is 9.47 Å². The number of hydrogen-bond donors (Lipinski definition) is 0. The number of unbranched alkanes of at least 4 members (excludes halogenated alkanes) is 16. The number of esters is 2. The van der Waals surface area contributed by atoms with E-state index in [0.717, 1.165) is 25.7 Å². The lowest BCUT2D eigenvalue weighted by Gasteiger charge is -2.20. The number of aryl methyl sites for hydroxylation is 2. The van der Waals surface area contributed by atoms with Crippen LogP contribution in [0.25, 0.3) is 0 Å². The van der Waals surface area contributed by atoms with Crippen LogP contribution in [0.3, 0.4) is 0 Å². The van der Waals surface area contributed by atoms with Crippen molar-refractivity contribution in [1.82, 2.24) is 0 Å². The number of benzene rings is 1. The maximum Gasteiger partial charge on any atom is 0.305 e. The largest absolute Gasteiger partial charge is 0.469 e. The molecular weight excluding hydrogens is 520 g/mol. The molecule has 1 aromatic rings. The molecule has 0 aliphatic carbocycles. The summed E-state index contributed by atoms with van der Waals surface area (Å²) >= 11 is 0. The highest BCUT2D eigenvalue weighted by Crippen LogP contribution is 2.28. The molecule has 0 amide bonds. The molecule has 0 unspecified atom stereocenters. The van der Waals surface area contributed by atoms with Gasteiger partial charge in [-0.2, -0.15) is 0 Å². The summed E-state index contributed by atoms with van der Waals surface area (Å²) < 4.78 is 9.56. The maximum absolute atomic E-state index is 11.4. The van der Waals surface area contributed by atoms with Crippen LogP contribution in [0.15, 0.2) is 12.1 Å². The molecule has 1 rings (SSSR count). The standard InChI is InChI=1S/C38H66O4/c1-5-7-9-11-15-21-27-35-33(25-19-10-8-6-2)31-32-34(26-20-14-12-17-23-29-37(39)41-3)36(35)28-22-16-13-18-24-30-38(40)42-4/h31-32H,5-30H2,1-4H3. The van der Waals surface area contributed by atoms with E-state index in [9.17, 15) is 9.59 Å². The summed E-state index contributed by atoms with van der Waals surface area (Å²) in [6.07, 6.45) is 30.7. The topological polar surface area (TPSA) is 52.6 Å². The normalized spacial score (nSPS) is 11.1. The molecule has 4 nitrogen and oxygen atoms in total. The van der Waals surface area contributed by atoms with Crippen LogP contribution in [-0.4, -0.2) is 26.2 Å². The Hall–Kier alpha value is -1.84. The first-order chi connectivity index (χ1) is 20.6.